The third kappa shape index (κ3) is 1.60. The Kier molecular flexibility index (Phi) is 2.50. The van der Waals surface area contributed by atoms with Gasteiger partial charge in [-0.25, -0.2) is 0 Å². The number of Topliss-reactive ketones (excluding diaryl/α,β-unsaturated/α-hetero) is 1. The van der Waals surface area contributed by atoms with Gasteiger partial charge < -0.3 is 0 Å². The van der Waals surface area contributed by atoms with Gasteiger partial charge in [0.2, 0.25) is 0 Å². The van der Waals surface area contributed by atoms with Crippen LogP contribution in [0.2, 0.25) is 0 Å². The number of hydrogen-bond donors (Lipinski definition) is 0. The zero-order chi connectivity index (χ0) is 7.61. The Morgan fingerprint density at radius 1 is 1.30 bits per heavy atom. The molecule has 58 valence electrons. The summed E-state index contributed by atoms with van der Waals surface area (Å²) < 4.78 is -0.148. The fourth-order valence-electron chi connectivity index (χ4n) is 1.46. The van der Waals surface area contributed by atoms with E-state index >= 15 is 0 Å². The summed E-state index contributed by atoms with van der Waals surface area (Å²) in [6.45, 7) is 1.68. The lowest BCUT2D eigenvalue weighted by molar-refractivity contribution is -0.119. The van der Waals surface area contributed by atoms with Crippen molar-refractivity contribution in [1.29, 1.82) is 0 Å². The van der Waals surface area contributed by atoms with E-state index in [1.165, 1.54) is 19.3 Å². The molecule has 2 heteroatoms. The normalized spacial score (nSPS) is 24.2. The van der Waals surface area contributed by atoms with Gasteiger partial charge in [0.05, 0.1) is 4.32 Å². The van der Waals surface area contributed by atoms with Gasteiger partial charge in [0.1, 0.15) is 5.78 Å². The SMILES string of the molecule is CC(=O)C1(Br)CCCCC1. The highest BCUT2D eigenvalue weighted by atomic mass is 79.9. The quantitative estimate of drug-likeness (QED) is 0.601. The van der Waals surface area contributed by atoms with Crippen LogP contribution in [0.1, 0.15) is 39.0 Å². The molecule has 0 radical (unpaired) electrons. The third-order valence-electron chi connectivity index (χ3n) is 2.28. The molecule has 1 aliphatic carbocycles. The fourth-order valence-corrected chi connectivity index (χ4v) is 2.02. The van der Waals surface area contributed by atoms with Crippen molar-refractivity contribution in [3.63, 3.8) is 0 Å². The molecule has 0 aromatic carbocycles. The Hall–Kier alpha value is 0.150. The maximum atomic E-state index is 11.1. The van der Waals surface area contributed by atoms with Crippen molar-refractivity contribution in [1.82, 2.24) is 0 Å². The minimum atomic E-state index is -0.148. The molecular weight excluding hydrogens is 192 g/mol. The molecule has 0 bridgehead atoms. The Morgan fingerprint density at radius 3 is 2.10 bits per heavy atom. The van der Waals surface area contributed by atoms with Gasteiger partial charge in [-0.1, -0.05) is 35.2 Å². The molecule has 0 atom stereocenters. The van der Waals surface area contributed by atoms with Crippen molar-refractivity contribution in [2.75, 3.05) is 0 Å². The van der Waals surface area contributed by atoms with Crippen molar-refractivity contribution in [2.45, 2.75) is 43.4 Å². The van der Waals surface area contributed by atoms with Crippen LogP contribution in [0.4, 0.5) is 0 Å². The largest absolute Gasteiger partial charge is 0.298 e. The summed E-state index contributed by atoms with van der Waals surface area (Å²) in [7, 11) is 0. The molecule has 1 aliphatic rings. The van der Waals surface area contributed by atoms with Crippen LogP contribution in [0.3, 0.4) is 0 Å². The lowest BCUT2D eigenvalue weighted by atomic mass is 9.86. The van der Waals surface area contributed by atoms with Crippen molar-refractivity contribution in [3.8, 4) is 0 Å². The first-order valence-corrected chi connectivity index (χ1v) is 4.64. The molecule has 10 heavy (non-hydrogen) atoms. The van der Waals surface area contributed by atoms with Crippen molar-refractivity contribution in [3.05, 3.63) is 0 Å². The molecule has 0 heterocycles. The lowest BCUT2D eigenvalue weighted by Gasteiger charge is -2.28. The number of carbonyl (C=O) groups is 1. The van der Waals surface area contributed by atoms with E-state index in [4.69, 9.17) is 0 Å². The molecule has 0 amide bonds. The van der Waals surface area contributed by atoms with Crippen LogP contribution in [0.15, 0.2) is 0 Å². The van der Waals surface area contributed by atoms with Crippen molar-refractivity contribution >= 4 is 21.7 Å². The minimum Gasteiger partial charge on any atom is -0.298 e. The zero-order valence-corrected chi connectivity index (χ0v) is 7.91. The van der Waals surface area contributed by atoms with Crippen LogP contribution in [0.25, 0.3) is 0 Å². The Morgan fingerprint density at radius 2 is 1.80 bits per heavy atom. The highest BCUT2D eigenvalue weighted by Gasteiger charge is 2.33. The predicted octanol–water partition coefficient (Wildman–Crippen LogP) is 2.67. The number of carbonyl (C=O) groups excluding carboxylic acids is 1. The van der Waals surface area contributed by atoms with Gasteiger partial charge in [0.25, 0.3) is 0 Å². The lowest BCUT2D eigenvalue weighted by Crippen LogP contribution is -2.31. The van der Waals surface area contributed by atoms with Gasteiger partial charge >= 0.3 is 0 Å². The minimum absolute atomic E-state index is 0.148. The highest BCUT2D eigenvalue weighted by molar-refractivity contribution is 9.10. The number of halogens is 1. The molecular formula is C8H13BrO. The van der Waals surface area contributed by atoms with Crippen LogP contribution in [0.5, 0.6) is 0 Å². The van der Waals surface area contributed by atoms with E-state index in [0.29, 0.717) is 5.78 Å². The summed E-state index contributed by atoms with van der Waals surface area (Å²) >= 11 is 3.51. The second-order valence-electron chi connectivity index (χ2n) is 3.08. The van der Waals surface area contributed by atoms with E-state index in [1.54, 1.807) is 6.92 Å². The summed E-state index contributed by atoms with van der Waals surface area (Å²) in [5.74, 6) is 0.298. The van der Waals surface area contributed by atoms with Gasteiger partial charge in [0.15, 0.2) is 0 Å². The standard InChI is InChI=1S/C8H13BrO/c1-7(10)8(9)5-3-2-4-6-8/h2-6H2,1H3. The summed E-state index contributed by atoms with van der Waals surface area (Å²) in [6.07, 6.45) is 5.75. The second kappa shape index (κ2) is 3.04. The van der Waals surface area contributed by atoms with E-state index in [-0.39, 0.29) is 4.32 Å². The molecule has 1 nitrogen and oxygen atoms in total. The predicted molar refractivity (Wildman–Crippen MR) is 45.4 cm³/mol. The van der Waals surface area contributed by atoms with Crippen molar-refractivity contribution < 1.29 is 4.79 Å². The summed E-state index contributed by atoms with van der Waals surface area (Å²) in [6, 6.07) is 0. The molecule has 1 rings (SSSR count). The second-order valence-corrected chi connectivity index (χ2v) is 4.60. The highest BCUT2D eigenvalue weighted by Crippen LogP contribution is 2.36. The summed E-state index contributed by atoms with van der Waals surface area (Å²) in [5.41, 5.74) is 0. The first-order valence-electron chi connectivity index (χ1n) is 3.85. The van der Waals surface area contributed by atoms with Crippen LogP contribution in [-0.2, 0) is 4.79 Å². The Bertz CT molecular complexity index is 136. The molecule has 0 unspecified atom stereocenters. The monoisotopic (exact) mass is 204 g/mol. The van der Waals surface area contributed by atoms with E-state index in [9.17, 15) is 4.79 Å². The number of ketones is 1. The average molecular weight is 205 g/mol. The molecule has 0 saturated heterocycles. The van der Waals surface area contributed by atoms with Crippen LogP contribution in [0, 0.1) is 0 Å². The van der Waals surface area contributed by atoms with Crippen LogP contribution in [-0.4, -0.2) is 10.1 Å². The zero-order valence-electron chi connectivity index (χ0n) is 6.32. The molecule has 0 N–H and O–H groups in total. The number of rotatable bonds is 1. The topological polar surface area (TPSA) is 17.1 Å². The number of hydrogen-bond acceptors (Lipinski definition) is 1. The smallest absolute Gasteiger partial charge is 0.146 e. The van der Waals surface area contributed by atoms with E-state index in [2.05, 4.69) is 15.9 Å². The van der Waals surface area contributed by atoms with Crippen LogP contribution < -0.4 is 0 Å². The van der Waals surface area contributed by atoms with Gasteiger partial charge in [0, 0.05) is 0 Å². The maximum absolute atomic E-state index is 11.1. The summed E-state index contributed by atoms with van der Waals surface area (Å²) in [5, 5.41) is 0. The fraction of sp³-hybridized carbons (Fsp3) is 0.875. The number of alkyl halides is 1. The summed E-state index contributed by atoms with van der Waals surface area (Å²) in [4.78, 5) is 11.1. The first-order chi connectivity index (χ1) is 4.65. The molecule has 0 spiro atoms. The van der Waals surface area contributed by atoms with E-state index in [0.717, 1.165) is 12.8 Å². The van der Waals surface area contributed by atoms with E-state index < -0.39 is 0 Å². The third-order valence-corrected chi connectivity index (χ3v) is 3.63. The average Bonchev–Trinajstić information content (AvgIpc) is 1.89. The first kappa shape index (κ1) is 8.25. The molecule has 0 aromatic heterocycles. The van der Waals surface area contributed by atoms with Gasteiger partial charge in [-0.3, -0.25) is 4.79 Å². The Balaban J connectivity index is 2.56. The molecule has 1 saturated carbocycles. The van der Waals surface area contributed by atoms with E-state index in [1.807, 2.05) is 0 Å². The molecule has 0 aromatic rings. The Labute approximate surface area is 70.3 Å². The molecule has 1 fully saturated rings. The van der Waals surface area contributed by atoms with Crippen LogP contribution >= 0.6 is 15.9 Å². The van der Waals surface area contributed by atoms with Gasteiger partial charge in [-0.2, -0.15) is 0 Å². The maximum Gasteiger partial charge on any atom is 0.146 e. The van der Waals surface area contributed by atoms with Crippen molar-refractivity contribution in [2.24, 2.45) is 0 Å². The van der Waals surface area contributed by atoms with Gasteiger partial charge in [-0.15, -0.1) is 0 Å². The van der Waals surface area contributed by atoms with Gasteiger partial charge in [-0.05, 0) is 19.8 Å². The molecule has 0 aliphatic heterocycles.